The van der Waals surface area contributed by atoms with Crippen LogP contribution in [0.25, 0.3) is 22.5 Å². The van der Waals surface area contributed by atoms with Crippen molar-refractivity contribution in [2.24, 2.45) is 0 Å². The van der Waals surface area contributed by atoms with E-state index < -0.39 is 0 Å². The predicted octanol–water partition coefficient (Wildman–Crippen LogP) is 2.93. The van der Waals surface area contributed by atoms with Gasteiger partial charge in [-0.25, -0.2) is 0 Å². The Morgan fingerprint density at radius 1 is 0.950 bits per heavy atom. The normalized spacial score (nSPS) is 15.2. The van der Waals surface area contributed by atoms with Gasteiger partial charge in [0, 0.05) is 0 Å². The van der Waals surface area contributed by atoms with Gasteiger partial charge in [-0.1, -0.05) is 0 Å². The van der Waals surface area contributed by atoms with Crippen molar-refractivity contribution in [2.75, 3.05) is 0 Å². The van der Waals surface area contributed by atoms with Gasteiger partial charge in [0.2, 0.25) is 0 Å². The van der Waals surface area contributed by atoms with Crippen LogP contribution in [0.15, 0.2) is 20.1 Å². The van der Waals surface area contributed by atoms with Crippen LogP contribution >= 0.6 is 35.1 Å². The summed E-state index contributed by atoms with van der Waals surface area (Å²) in [4.78, 5) is 0. The molecule has 4 nitrogen and oxygen atoms in total. The standard InChI is InChI=1S/C12H6N4S3Se/c1-6-4-18-12-10(14-16-20-12)8(6)2-5-3-17-11-9(7(1)5)13-15-19-11/h1-2H,3-4H2. The second kappa shape index (κ2) is 4.42. The minimum atomic E-state index is 0.203. The molecule has 0 fully saturated rings. The van der Waals surface area contributed by atoms with Crippen LogP contribution in [-0.4, -0.2) is 33.5 Å². The molecular weight excluding hydrogens is 375 g/mol. The fraction of sp³-hybridized carbons (Fsp3) is 0.167. The van der Waals surface area contributed by atoms with Gasteiger partial charge in [-0.3, -0.25) is 0 Å². The summed E-state index contributed by atoms with van der Waals surface area (Å²) in [7, 11) is 0. The van der Waals surface area contributed by atoms with Crippen molar-refractivity contribution in [1.29, 1.82) is 0 Å². The van der Waals surface area contributed by atoms with Crippen molar-refractivity contribution in [3.05, 3.63) is 23.3 Å². The fourth-order valence-electron chi connectivity index (χ4n) is 2.54. The van der Waals surface area contributed by atoms with E-state index in [1.165, 1.54) is 41.8 Å². The summed E-state index contributed by atoms with van der Waals surface area (Å²) >= 11 is 5.43. The van der Waals surface area contributed by atoms with E-state index in [-0.39, 0.29) is 14.7 Å². The van der Waals surface area contributed by atoms with Crippen LogP contribution in [0, 0.1) is 0 Å². The zero-order valence-corrected chi connectivity index (χ0v) is 14.2. The molecule has 0 N–H and O–H groups in total. The van der Waals surface area contributed by atoms with E-state index in [1.54, 1.807) is 0 Å². The molecule has 0 bridgehead atoms. The van der Waals surface area contributed by atoms with Crippen LogP contribution in [0.3, 0.4) is 0 Å². The molecule has 0 amide bonds. The van der Waals surface area contributed by atoms with Crippen LogP contribution in [0.2, 0.25) is 0 Å². The summed E-state index contributed by atoms with van der Waals surface area (Å²) in [6, 6.07) is 4.59. The van der Waals surface area contributed by atoms with E-state index in [0.29, 0.717) is 0 Å². The Morgan fingerprint density at radius 2 is 1.75 bits per heavy atom. The molecule has 0 radical (unpaired) electrons. The molecule has 0 atom stereocenters. The van der Waals surface area contributed by atoms with Crippen molar-refractivity contribution < 1.29 is 0 Å². The van der Waals surface area contributed by atoms with Gasteiger partial charge in [0.15, 0.2) is 0 Å². The molecule has 0 spiro atoms. The molecule has 8 heteroatoms. The second-order valence-electron chi connectivity index (χ2n) is 4.56. The van der Waals surface area contributed by atoms with Crippen LogP contribution < -0.4 is 0 Å². The summed E-state index contributed by atoms with van der Waals surface area (Å²) in [5.41, 5.74) is 7.43. The maximum absolute atomic E-state index is 4.36. The topological polar surface area (TPSA) is 51.6 Å². The summed E-state index contributed by atoms with van der Waals surface area (Å²) in [6.45, 7) is 0. The zero-order valence-electron chi connectivity index (χ0n) is 9.99. The van der Waals surface area contributed by atoms with Gasteiger partial charge in [0.1, 0.15) is 0 Å². The first-order valence-corrected chi connectivity index (χ1v) is 10.3. The van der Waals surface area contributed by atoms with E-state index in [9.17, 15) is 0 Å². The third-order valence-corrected chi connectivity index (χ3v) is 8.62. The van der Waals surface area contributed by atoms with Crippen molar-refractivity contribution >= 4 is 49.8 Å². The van der Waals surface area contributed by atoms with Crippen molar-refractivity contribution in [1.82, 2.24) is 18.8 Å². The molecule has 0 aliphatic carbocycles. The summed E-state index contributed by atoms with van der Waals surface area (Å²) in [5.74, 6) is 2.02. The van der Waals surface area contributed by atoms with Crippen LogP contribution in [0.5, 0.6) is 0 Å². The number of nitrogens with zero attached hydrogens (tertiary/aromatic N) is 4. The quantitative estimate of drug-likeness (QED) is 0.558. The molecule has 2 aliphatic heterocycles. The Balaban J connectivity index is 1.78. The maximum atomic E-state index is 4.36. The molecule has 3 aromatic rings. The molecule has 2 aliphatic rings. The van der Waals surface area contributed by atoms with Gasteiger partial charge in [0.05, 0.1) is 0 Å². The number of hydrogen-bond acceptors (Lipinski definition) is 7. The first kappa shape index (κ1) is 11.9. The van der Waals surface area contributed by atoms with E-state index in [0.717, 1.165) is 22.9 Å². The molecular formula is C12H6N4S3Se. The molecule has 20 heavy (non-hydrogen) atoms. The minimum absolute atomic E-state index is 0.203. The Morgan fingerprint density at radius 3 is 2.65 bits per heavy atom. The number of hydrogen-bond donors (Lipinski definition) is 0. The third-order valence-electron chi connectivity index (χ3n) is 3.47. The number of fused-ring (bicyclic) bond motifs is 6. The number of thioether (sulfide) groups is 2. The Kier molecular flexibility index (Phi) is 2.64. The van der Waals surface area contributed by atoms with Gasteiger partial charge in [-0.05, 0) is 0 Å². The van der Waals surface area contributed by atoms with Crippen LogP contribution in [0.4, 0.5) is 0 Å². The monoisotopic (exact) mass is 382 g/mol. The molecule has 98 valence electrons. The summed E-state index contributed by atoms with van der Waals surface area (Å²) < 4.78 is 10.9. The van der Waals surface area contributed by atoms with Gasteiger partial charge < -0.3 is 0 Å². The summed E-state index contributed by atoms with van der Waals surface area (Å²) in [6.07, 6.45) is 0. The van der Waals surface area contributed by atoms with Crippen molar-refractivity contribution in [2.45, 2.75) is 19.5 Å². The molecule has 1 aromatic carbocycles. The van der Waals surface area contributed by atoms with Crippen molar-refractivity contribution in [3.8, 4) is 22.5 Å². The molecule has 0 unspecified atom stereocenters. The molecule has 0 saturated carbocycles. The summed E-state index contributed by atoms with van der Waals surface area (Å²) in [5, 5.41) is 8.66. The second-order valence-corrected chi connectivity index (χ2v) is 9.71. The van der Waals surface area contributed by atoms with Gasteiger partial charge in [-0.2, -0.15) is 0 Å². The molecule has 4 heterocycles. The predicted molar refractivity (Wildman–Crippen MR) is 82.4 cm³/mol. The Hall–Kier alpha value is -0.661. The van der Waals surface area contributed by atoms with Gasteiger partial charge in [-0.15, -0.1) is 0 Å². The molecule has 2 aromatic heterocycles. The number of aromatic nitrogens is 4. The average Bonchev–Trinajstić information content (AvgIpc) is 3.13. The molecule has 5 rings (SSSR count). The van der Waals surface area contributed by atoms with Crippen LogP contribution in [-0.2, 0) is 11.5 Å². The third kappa shape index (κ3) is 1.63. The Labute approximate surface area is 133 Å². The van der Waals surface area contributed by atoms with Crippen molar-refractivity contribution in [3.63, 3.8) is 0 Å². The number of rotatable bonds is 0. The van der Waals surface area contributed by atoms with E-state index in [2.05, 4.69) is 30.9 Å². The van der Waals surface area contributed by atoms with Gasteiger partial charge in [0.25, 0.3) is 0 Å². The van der Waals surface area contributed by atoms with Crippen LogP contribution in [0.1, 0.15) is 11.1 Å². The molecule has 0 saturated heterocycles. The fourth-order valence-corrected chi connectivity index (χ4v) is 6.92. The first-order valence-electron chi connectivity index (χ1n) is 5.97. The first-order chi connectivity index (χ1) is 9.90. The van der Waals surface area contributed by atoms with E-state index >= 15 is 0 Å². The Bertz CT molecular complexity index is 771. The zero-order chi connectivity index (χ0) is 13.1. The average molecular weight is 381 g/mol. The SMILES string of the molecule is c1c2c(cc3c1-c1nnsc1SC3)-c1nn[se]c1SC2. The number of benzene rings is 1. The van der Waals surface area contributed by atoms with E-state index in [4.69, 9.17) is 0 Å². The van der Waals surface area contributed by atoms with E-state index in [1.807, 2.05) is 23.5 Å². The van der Waals surface area contributed by atoms with Gasteiger partial charge >= 0.3 is 134 Å².